The van der Waals surface area contributed by atoms with Crippen LogP contribution in [0.5, 0.6) is 0 Å². The predicted octanol–water partition coefficient (Wildman–Crippen LogP) is 2.08. The summed E-state index contributed by atoms with van der Waals surface area (Å²) >= 11 is 11.4. The van der Waals surface area contributed by atoms with Gasteiger partial charge in [-0.1, -0.05) is 23.2 Å². The molecule has 1 amide bonds. The van der Waals surface area contributed by atoms with Crippen LogP contribution in [0.4, 0.5) is 0 Å². The molecule has 0 saturated carbocycles. The second-order valence-corrected chi connectivity index (χ2v) is 4.80. The lowest BCUT2D eigenvalue weighted by Gasteiger charge is -2.10. The molecule has 1 N–H and O–H groups in total. The van der Waals surface area contributed by atoms with Crippen molar-refractivity contribution in [2.24, 2.45) is 0 Å². The van der Waals surface area contributed by atoms with Crippen molar-refractivity contribution in [1.29, 1.82) is 0 Å². The van der Waals surface area contributed by atoms with Crippen LogP contribution in [-0.4, -0.2) is 35.4 Å². The minimum absolute atomic E-state index is 0.0500. The maximum absolute atomic E-state index is 11.8. The number of carbonyl (C=O) groups is 1. The Labute approximate surface area is 115 Å². The highest BCUT2D eigenvalue weighted by Gasteiger charge is 2.17. The van der Waals surface area contributed by atoms with Gasteiger partial charge in [0.05, 0.1) is 11.7 Å². The number of nitrogens with zero attached hydrogens (tertiary/aromatic N) is 2. The third kappa shape index (κ3) is 3.54. The molecular formula is C11H13Cl2N3O2. The third-order valence-electron chi connectivity index (χ3n) is 2.74. The van der Waals surface area contributed by atoms with Gasteiger partial charge < -0.3 is 10.1 Å². The number of ether oxygens (including phenoxy) is 1. The van der Waals surface area contributed by atoms with Crippen LogP contribution in [0.15, 0.2) is 6.07 Å². The molecule has 1 aromatic rings. The van der Waals surface area contributed by atoms with Gasteiger partial charge in [-0.15, -0.1) is 10.2 Å². The largest absolute Gasteiger partial charge is 0.378 e. The van der Waals surface area contributed by atoms with Crippen LogP contribution in [0.25, 0.3) is 0 Å². The van der Waals surface area contributed by atoms with Crippen LogP contribution in [0.2, 0.25) is 10.3 Å². The van der Waals surface area contributed by atoms with Crippen LogP contribution in [0, 0.1) is 0 Å². The summed E-state index contributed by atoms with van der Waals surface area (Å²) in [5.74, 6) is -0.296. The highest BCUT2D eigenvalue weighted by molar-refractivity contribution is 6.34. The number of nitrogens with one attached hydrogen (secondary N) is 1. The quantitative estimate of drug-likeness (QED) is 0.922. The predicted molar refractivity (Wildman–Crippen MR) is 68.0 cm³/mol. The highest BCUT2D eigenvalue weighted by Crippen LogP contribution is 2.16. The molecule has 2 rings (SSSR count). The normalized spacial score (nSPS) is 18.9. The molecule has 18 heavy (non-hydrogen) atoms. The molecule has 2 heterocycles. The topological polar surface area (TPSA) is 64.1 Å². The van der Waals surface area contributed by atoms with Crippen LogP contribution < -0.4 is 5.32 Å². The minimum atomic E-state index is -0.296. The molecule has 5 nitrogen and oxygen atoms in total. The zero-order chi connectivity index (χ0) is 13.0. The molecule has 0 radical (unpaired) electrons. The van der Waals surface area contributed by atoms with E-state index in [4.69, 9.17) is 27.9 Å². The average Bonchev–Trinajstić information content (AvgIpc) is 2.85. The van der Waals surface area contributed by atoms with Crippen molar-refractivity contribution in [1.82, 2.24) is 15.5 Å². The molecule has 1 atom stereocenters. The number of aromatic nitrogens is 2. The Bertz CT molecular complexity index is 436. The lowest BCUT2D eigenvalue weighted by Crippen LogP contribution is -2.27. The summed E-state index contributed by atoms with van der Waals surface area (Å²) in [6, 6.07) is 1.40. The maximum Gasteiger partial charge on any atom is 0.254 e. The van der Waals surface area contributed by atoms with E-state index in [1.54, 1.807) is 0 Å². The van der Waals surface area contributed by atoms with Crippen LogP contribution in [-0.2, 0) is 4.74 Å². The SMILES string of the molecule is O=C(NCCC1CCCO1)c1cc(Cl)nnc1Cl. The van der Waals surface area contributed by atoms with E-state index in [-0.39, 0.29) is 27.9 Å². The molecule has 1 unspecified atom stereocenters. The number of amides is 1. The lowest BCUT2D eigenvalue weighted by atomic mass is 10.2. The van der Waals surface area contributed by atoms with Crippen LogP contribution >= 0.6 is 23.2 Å². The van der Waals surface area contributed by atoms with E-state index in [1.807, 2.05) is 0 Å². The molecule has 1 saturated heterocycles. The summed E-state index contributed by atoms with van der Waals surface area (Å²) < 4.78 is 5.46. The van der Waals surface area contributed by atoms with Gasteiger partial charge in [0, 0.05) is 13.2 Å². The number of hydrogen-bond acceptors (Lipinski definition) is 4. The summed E-state index contributed by atoms with van der Waals surface area (Å²) in [7, 11) is 0. The molecule has 1 aliphatic rings. The first kappa shape index (κ1) is 13.5. The Morgan fingerprint density at radius 1 is 1.50 bits per heavy atom. The van der Waals surface area contributed by atoms with Gasteiger partial charge in [-0.25, -0.2) is 0 Å². The third-order valence-corrected chi connectivity index (χ3v) is 3.20. The Hall–Kier alpha value is -0.910. The highest BCUT2D eigenvalue weighted by atomic mass is 35.5. The molecule has 7 heteroatoms. The van der Waals surface area contributed by atoms with Crippen LogP contribution in [0.3, 0.4) is 0 Å². The maximum atomic E-state index is 11.8. The van der Waals surface area contributed by atoms with E-state index >= 15 is 0 Å². The fraction of sp³-hybridized carbons (Fsp3) is 0.545. The van der Waals surface area contributed by atoms with Crippen molar-refractivity contribution < 1.29 is 9.53 Å². The van der Waals surface area contributed by atoms with Crippen molar-refractivity contribution in [3.63, 3.8) is 0 Å². The summed E-state index contributed by atoms with van der Waals surface area (Å²) in [6.45, 7) is 1.36. The fourth-order valence-corrected chi connectivity index (χ4v) is 2.15. The number of rotatable bonds is 4. The van der Waals surface area contributed by atoms with Gasteiger partial charge in [0.25, 0.3) is 5.91 Å². The Morgan fingerprint density at radius 2 is 2.33 bits per heavy atom. The first-order valence-corrected chi connectivity index (χ1v) is 6.51. The standard InChI is InChI=1S/C11H13Cl2N3O2/c12-9-6-8(10(13)16-15-9)11(17)14-4-3-7-2-1-5-18-7/h6-7H,1-5H2,(H,14,17). The van der Waals surface area contributed by atoms with Gasteiger partial charge in [0.1, 0.15) is 0 Å². The van der Waals surface area contributed by atoms with Crippen LogP contribution in [0.1, 0.15) is 29.6 Å². The first-order valence-electron chi connectivity index (χ1n) is 5.75. The van der Waals surface area contributed by atoms with Crippen molar-refractivity contribution in [3.05, 3.63) is 21.9 Å². The first-order chi connectivity index (χ1) is 8.66. The molecule has 1 fully saturated rings. The summed E-state index contributed by atoms with van der Waals surface area (Å²) in [4.78, 5) is 11.8. The molecule has 0 spiro atoms. The van der Waals surface area contributed by atoms with E-state index in [2.05, 4.69) is 15.5 Å². The number of carbonyl (C=O) groups excluding carboxylic acids is 1. The smallest absolute Gasteiger partial charge is 0.254 e. The number of halogens is 2. The Kier molecular flexibility index (Phi) is 4.74. The van der Waals surface area contributed by atoms with Gasteiger partial charge in [-0.05, 0) is 25.3 Å². The molecule has 1 aliphatic heterocycles. The van der Waals surface area contributed by atoms with E-state index < -0.39 is 0 Å². The average molecular weight is 290 g/mol. The van der Waals surface area contributed by atoms with Gasteiger partial charge >= 0.3 is 0 Å². The summed E-state index contributed by atoms with van der Waals surface area (Å²) in [5.41, 5.74) is 0.240. The number of hydrogen-bond donors (Lipinski definition) is 1. The van der Waals surface area contributed by atoms with E-state index in [9.17, 15) is 4.79 Å². The second-order valence-electron chi connectivity index (χ2n) is 4.05. The van der Waals surface area contributed by atoms with Crippen molar-refractivity contribution in [3.8, 4) is 0 Å². The van der Waals surface area contributed by atoms with Crippen molar-refractivity contribution in [2.75, 3.05) is 13.2 Å². The Morgan fingerprint density at radius 3 is 3.06 bits per heavy atom. The fourth-order valence-electron chi connectivity index (χ4n) is 1.83. The van der Waals surface area contributed by atoms with Gasteiger partial charge in [0.2, 0.25) is 0 Å². The molecule has 0 aliphatic carbocycles. The summed E-state index contributed by atoms with van der Waals surface area (Å²) in [5, 5.41) is 10.1. The van der Waals surface area contributed by atoms with Crippen molar-refractivity contribution >= 4 is 29.1 Å². The molecule has 0 bridgehead atoms. The lowest BCUT2D eigenvalue weighted by molar-refractivity contribution is 0.0907. The Balaban J connectivity index is 1.85. The van der Waals surface area contributed by atoms with E-state index in [0.29, 0.717) is 6.54 Å². The van der Waals surface area contributed by atoms with Gasteiger partial charge in [-0.3, -0.25) is 4.79 Å². The zero-order valence-electron chi connectivity index (χ0n) is 9.66. The van der Waals surface area contributed by atoms with E-state index in [0.717, 1.165) is 25.9 Å². The van der Waals surface area contributed by atoms with Gasteiger partial charge in [-0.2, -0.15) is 0 Å². The molecular weight excluding hydrogens is 277 g/mol. The second kappa shape index (κ2) is 6.31. The van der Waals surface area contributed by atoms with Gasteiger partial charge in [0.15, 0.2) is 10.3 Å². The molecule has 0 aromatic carbocycles. The molecule has 98 valence electrons. The summed E-state index contributed by atoms with van der Waals surface area (Å²) in [6.07, 6.45) is 3.20. The monoisotopic (exact) mass is 289 g/mol. The van der Waals surface area contributed by atoms with E-state index in [1.165, 1.54) is 6.07 Å². The zero-order valence-corrected chi connectivity index (χ0v) is 11.2. The molecule has 1 aromatic heterocycles. The minimum Gasteiger partial charge on any atom is -0.378 e. The van der Waals surface area contributed by atoms with Crippen molar-refractivity contribution in [2.45, 2.75) is 25.4 Å².